The van der Waals surface area contributed by atoms with Gasteiger partial charge in [-0.3, -0.25) is 9.78 Å². The van der Waals surface area contributed by atoms with Gasteiger partial charge in [-0.15, -0.1) is 0 Å². The highest BCUT2D eigenvalue weighted by Gasteiger charge is 2.45. The van der Waals surface area contributed by atoms with Crippen LogP contribution in [0.15, 0.2) is 35.9 Å². The average molecular weight is 350 g/mol. The number of carboxylic acids is 1. The molecule has 130 valence electrons. The zero-order chi connectivity index (χ0) is 17.7. The van der Waals surface area contributed by atoms with Gasteiger partial charge in [0.2, 0.25) is 0 Å². The summed E-state index contributed by atoms with van der Waals surface area (Å²) in [5.74, 6) is -1.55. The van der Waals surface area contributed by atoms with Crippen molar-refractivity contribution in [2.24, 2.45) is 0 Å². The Kier molecular flexibility index (Phi) is 6.25. The molecule has 1 aromatic rings. The molecule has 0 aliphatic carbocycles. The lowest BCUT2D eigenvalue weighted by molar-refractivity contribution is -0.150. The van der Waals surface area contributed by atoms with Gasteiger partial charge in [-0.1, -0.05) is 25.8 Å². The Balaban J connectivity index is 2.48. The van der Waals surface area contributed by atoms with E-state index >= 15 is 0 Å². The van der Waals surface area contributed by atoms with Crippen molar-refractivity contribution in [2.75, 3.05) is 12.0 Å². The number of rotatable bonds is 8. The van der Waals surface area contributed by atoms with Crippen LogP contribution in [-0.2, 0) is 9.59 Å². The first-order valence-corrected chi connectivity index (χ1v) is 9.28. The van der Waals surface area contributed by atoms with Crippen LogP contribution in [0.1, 0.15) is 37.8 Å². The van der Waals surface area contributed by atoms with E-state index in [0.717, 1.165) is 6.42 Å². The number of carboxylic acid groups (broad SMARTS) is 1. The molecule has 24 heavy (non-hydrogen) atoms. The Morgan fingerprint density at radius 1 is 1.50 bits per heavy atom. The maximum Gasteiger partial charge on any atom is 0.326 e. The minimum atomic E-state index is -1.05. The van der Waals surface area contributed by atoms with Gasteiger partial charge in [-0.25, -0.2) is 4.79 Å². The molecule has 7 heteroatoms. The molecule has 0 saturated heterocycles. The second-order valence-corrected chi connectivity index (χ2v) is 6.57. The Morgan fingerprint density at radius 2 is 2.25 bits per heavy atom. The van der Waals surface area contributed by atoms with Gasteiger partial charge >= 0.3 is 5.97 Å². The molecule has 0 aromatic carbocycles. The minimum Gasteiger partial charge on any atom is -0.503 e. The summed E-state index contributed by atoms with van der Waals surface area (Å²) in [6.07, 6.45) is 6.99. The number of aliphatic carboxylic acids is 1. The molecule has 1 amide bonds. The van der Waals surface area contributed by atoms with Crippen molar-refractivity contribution >= 4 is 23.6 Å². The molecule has 2 heterocycles. The van der Waals surface area contributed by atoms with Crippen LogP contribution in [0.2, 0.25) is 0 Å². The van der Waals surface area contributed by atoms with Gasteiger partial charge < -0.3 is 15.1 Å². The molecular weight excluding hydrogens is 328 g/mol. The first-order valence-electron chi connectivity index (χ1n) is 7.89. The zero-order valence-corrected chi connectivity index (χ0v) is 14.6. The van der Waals surface area contributed by atoms with Crippen molar-refractivity contribution in [2.45, 2.75) is 38.3 Å². The summed E-state index contributed by atoms with van der Waals surface area (Å²) in [7, 11) is 0. The van der Waals surface area contributed by atoms with Crippen molar-refractivity contribution in [3.05, 3.63) is 41.4 Å². The van der Waals surface area contributed by atoms with Gasteiger partial charge in [0.25, 0.3) is 5.91 Å². The minimum absolute atomic E-state index is 0.332. The number of nitrogens with zero attached hydrogens (tertiary/aromatic N) is 2. The van der Waals surface area contributed by atoms with Crippen molar-refractivity contribution < 1.29 is 19.8 Å². The zero-order valence-electron chi connectivity index (χ0n) is 13.8. The van der Waals surface area contributed by atoms with Crippen LogP contribution < -0.4 is 0 Å². The van der Waals surface area contributed by atoms with Crippen LogP contribution in [-0.4, -0.2) is 50.0 Å². The lowest BCUT2D eigenvalue weighted by Gasteiger charge is -2.32. The monoisotopic (exact) mass is 350 g/mol. The van der Waals surface area contributed by atoms with Gasteiger partial charge in [-0.05, 0) is 24.3 Å². The summed E-state index contributed by atoms with van der Waals surface area (Å²) in [6.45, 7) is 1.97. The molecular formula is C17H22N2O4S. The van der Waals surface area contributed by atoms with Gasteiger partial charge in [0, 0.05) is 23.7 Å². The fraction of sp³-hybridized carbons (Fsp3) is 0.471. The van der Waals surface area contributed by atoms with E-state index in [9.17, 15) is 19.8 Å². The number of aliphatic hydroxyl groups is 1. The molecule has 1 aromatic heterocycles. The van der Waals surface area contributed by atoms with Crippen LogP contribution in [0.3, 0.4) is 0 Å². The van der Waals surface area contributed by atoms with Gasteiger partial charge in [0.15, 0.2) is 5.76 Å². The Bertz CT molecular complexity index is 633. The van der Waals surface area contributed by atoms with Crippen LogP contribution in [0.5, 0.6) is 0 Å². The number of aliphatic hydroxyl groups excluding tert-OH is 1. The number of hydrogen-bond donors (Lipinski definition) is 2. The van der Waals surface area contributed by atoms with Crippen molar-refractivity contribution in [3.8, 4) is 0 Å². The topological polar surface area (TPSA) is 90.7 Å². The third kappa shape index (κ3) is 3.56. The number of thioether (sulfide) groups is 1. The van der Waals surface area contributed by atoms with E-state index in [1.165, 1.54) is 16.7 Å². The third-order valence-electron chi connectivity index (χ3n) is 4.10. The number of aromatic nitrogens is 1. The smallest absolute Gasteiger partial charge is 0.326 e. The van der Waals surface area contributed by atoms with Crippen LogP contribution in [0.25, 0.3) is 0 Å². The normalized spacial score (nSPS) is 19.0. The van der Waals surface area contributed by atoms with Gasteiger partial charge in [0.05, 0.1) is 6.04 Å². The van der Waals surface area contributed by atoms with E-state index in [2.05, 4.69) is 4.98 Å². The highest BCUT2D eigenvalue weighted by Crippen LogP contribution is 2.40. The molecule has 6 nitrogen and oxygen atoms in total. The number of pyridine rings is 1. The fourth-order valence-corrected chi connectivity index (χ4v) is 3.58. The number of carbonyl (C=O) groups is 2. The largest absolute Gasteiger partial charge is 0.503 e. The quantitative estimate of drug-likeness (QED) is 0.749. The lowest BCUT2D eigenvalue weighted by Crippen LogP contribution is -2.44. The fourth-order valence-electron chi connectivity index (χ4n) is 2.98. The molecule has 1 aliphatic rings. The van der Waals surface area contributed by atoms with E-state index in [1.807, 2.05) is 13.2 Å². The lowest BCUT2D eigenvalue weighted by atomic mass is 9.99. The number of amides is 1. The maximum atomic E-state index is 12.6. The molecule has 2 rings (SSSR count). The Hall–Kier alpha value is -2.02. The van der Waals surface area contributed by atoms with Crippen molar-refractivity contribution in [3.63, 3.8) is 0 Å². The molecule has 2 unspecified atom stereocenters. The summed E-state index contributed by atoms with van der Waals surface area (Å²) in [4.78, 5) is 29.8. The van der Waals surface area contributed by atoms with Crippen LogP contribution in [0, 0.1) is 0 Å². The summed E-state index contributed by atoms with van der Waals surface area (Å²) in [5, 5.41) is 19.9. The van der Waals surface area contributed by atoms with E-state index in [0.29, 0.717) is 29.7 Å². The van der Waals surface area contributed by atoms with Crippen LogP contribution >= 0.6 is 11.8 Å². The molecule has 2 N–H and O–H groups in total. The summed E-state index contributed by atoms with van der Waals surface area (Å²) in [6, 6.07) is 1.99. The predicted molar refractivity (Wildman–Crippen MR) is 92.8 cm³/mol. The van der Waals surface area contributed by atoms with E-state index < -0.39 is 24.0 Å². The molecule has 0 fully saturated rings. The second-order valence-electron chi connectivity index (χ2n) is 5.70. The number of carbonyl (C=O) groups excluding carboxylic acids is 1. The number of hydrogen-bond acceptors (Lipinski definition) is 5. The highest BCUT2D eigenvalue weighted by molar-refractivity contribution is 7.98. The summed E-state index contributed by atoms with van der Waals surface area (Å²) in [5.41, 5.74) is 1.25. The third-order valence-corrected chi connectivity index (χ3v) is 4.70. The van der Waals surface area contributed by atoms with Crippen molar-refractivity contribution in [1.82, 2.24) is 9.88 Å². The Labute approximate surface area is 145 Å². The molecule has 0 radical (unpaired) electrons. The van der Waals surface area contributed by atoms with Crippen LogP contribution in [0.4, 0.5) is 0 Å². The van der Waals surface area contributed by atoms with Gasteiger partial charge in [-0.2, -0.15) is 11.8 Å². The van der Waals surface area contributed by atoms with Gasteiger partial charge in [0.1, 0.15) is 6.04 Å². The first-order chi connectivity index (χ1) is 11.5. The molecule has 1 aliphatic heterocycles. The Morgan fingerprint density at radius 3 is 2.79 bits per heavy atom. The highest BCUT2D eigenvalue weighted by atomic mass is 32.2. The number of unbranched alkanes of at least 4 members (excludes halogenated alkanes) is 1. The maximum absolute atomic E-state index is 12.6. The van der Waals surface area contributed by atoms with Crippen molar-refractivity contribution in [1.29, 1.82) is 0 Å². The van der Waals surface area contributed by atoms with E-state index in [4.69, 9.17) is 0 Å². The molecule has 0 bridgehead atoms. The van der Waals surface area contributed by atoms with E-state index in [1.54, 1.807) is 24.5 Å². The first kappa shape index (κ1) is 18.3. The average Bonchev–Trinajstić information content (AvgIpc) is 2.81. The summed E-state index contributed by atoms with van der Waals surface area (Å²) >= 11 is 1.48. The standard InChI is InChI=1S/C17H22N2O4S/c1-3-4-7-13(17(22)23)19-14(11-6-5-8-18-9-11)12(10-24-2)15(20)16(19)21/h5-6,8-9,13-14,20H,3-4,7,10H2,1-2H3,(H,22,23). The molecule has 0 saturated carbocycles. The predicted octanol–water partition coefficient (Wildman–Crippen LogP) is 2.78. The SMILES string of the molecule is CCCCC(C(=O)O)N1C(=O)C(O)=C(CSC)C1c1cccnc1. The summed E-state index contributed by atoms with van der Waals surface area (Å²) < 4.78 is 0. The second kappa shape index (κ2) is 8.19. The van der Waals surface area contributed by atoms with E-state index in [-0.39, 0.29) is 5.76 Å². The molecule has 2 atom stereocenters. The molecule has 0 spiro atoms.